The number of nitrogens with zero attached hydrogens (tertiary/aromatic N) is 3. The van der Waals surface area contributed by atoms with Crippen molar-refractivity contribution in [2.75, 3.05) is 31.1 Å². The minimum atomic E-state index is -0.771. The number of hydrogen-bond donors (Lipinski definition) is 0. The molecule has 0 amide bonds. The van der Waals surface area contributed by atoms with Crippen molar-refractivity contribution in [3.63, 3.8) is 0 Å². The molecule has 3 aromatic rings. The molecule has 1 aromatic heterocycles. The molecule has 2 aliphatic rings. The summed E-state index contributed by atoms with van der Waals surface area (Å²) in [6, 6.07) is 12.9. The Morgan fingerprint density at radius 1 is 1.00 bits per heavy atom. The van der Waals surface area contributed by atoms with Crippen LogP contribution in [0.5, 0.6) is 0 Å². The molecule has 1 atom stereocenters. The number of para-hydroxylation sites is 2. The topological polar surface area (TPSA) is 32.5 Å². The van der Waals surface area contributed by atoms with Gasteiger partial charge in [-0.1, -0.05) is 24.3 Å². The quantitative estimate of drug-likeness (QED) is 0.662. The fourth-order valence-corrected chi connectivity index (χ4v) is 4.78. The lowest BCUT2D eigenvalue weighted by Crippen LogP contribution is -2.44. The van der Waals surface area contributed by atoms with E-state index in [0.717, 1.165) is 56.5 Å². The van der Waals surface area contributed by atoms with Crippen LogP contribution in [-0.4, -0.2) is 36.1 Å². The second-order valence-corrected chi connectivity index (χ2v) is 8.16. The van der Waals surface area contributed by atoms with Crippen LogP contribution >= 0.6 is 0 Å². The molecule has 2 fully saturated rings. The summed E-state index contributed by atoms with van der Waals surface area (Å²) in [7, 11) is 0. The maximum Gasteiger partial charge on any atom is 0.298 e. The van der Waals surface area contributed by atoms with Gasteiger partial charge in [-0.3, -0.25) is 4.90 Å². The van der Waals surface area contributed by atoms with Crippen molar-refractivity contribution in [3.8, 4) is 0 Å². The van der Waals surface area contributed by atoms with Crippen LogP contribution in [0.2, 0.25) is 0 Å². The molecule has 1 spiro atoms. The summed E-state index contributed by atoms with van der Waals surface area (Å²) in [5.41, 5.74) is 2.28. The summed E-state index contributed by atoms with van der Waals surface area (Å²) in [4.78, 5) is 9.12. The zero-order chi connectivity index (χ0) is 19.1. The minimum Gasteiger partial charge on any atom is -0.423 e. The normalized spacial score (nSPS) is 23.1. The monoisotopic (exact) mass is 383 g/mol. The second kappa shape index (κ2) is 6.85. The van der Waals surface area contributed by atoms with Crippen molar-refractivity contribution < 1.29 is 13.2 Å². The summed E-state index contributed by atoms with van der Waals surface area (Å²) in [5.74, 6) is -1.49. The van der Waals surface area contributed by atoms with E-state index in [1.165, 1.54) is 6.07 Å². The van der Waals surface area contributed by atoms with Gasteiger partial charge in [0.2, 0.25) is 0 Å². The number of hydrogen-bond acceptors (Lipinski definition) is 4. The smallest absolute Gasteiger partial charge is 0.298 e. The number of oxazole rings is 1. The van der Waals surface area contributed by atoms with Crippen LogP contribution < -0.4 is 4.90 Å². The van der Waals surface area contributed by atoms with Gasteiger partial charge in [-0.25, -0.2) is 8.78 Å². The number of rotatable bonds is 3. The number of fused-ring (bicyclic) bond motifs is 1. The Balaban J connectivity index is 1.31. The predicted molar refractivity (Wildman–Crippen MR) is 104 cm³/mol. The lowest BCUT2D eigenvalue weighted by molar-refractivity contribution is 0.0978. The van der Waals surface area contributed by atoms with E-state index in [-0.39, 0.29) is 5.41 Å². The van der Waals surface area contributed by atoms with E-state index < -0.39 is 11.6 Å². The van der Waals surface area contributed by atoms with Crippen molar-refractivity contribution in [3.05, 3.63) is 59.7 Å². The SMILES string of the molecule is Fc1cccc(CN2CCC[C@]3(CCN(c4nc5ccccc5o4)C3)C2)c1F. The number of likely N-dealkylation sites (tertiary alicyclic amines) is 1. The Hall–Kier alpha value is -2.47. The number of piperidine rings is 1. The fourth-order valence-electron chi connectivity index (χ4n) is 4.78. The first kappa shape index (κ1) is 17.6. The largest absolute Gasteiger partial charge is 0.423 e. The zero-order valence-electron chi connectivity index (χ0n) is 15.7. The fraction of sp³-hybridized carbons (Fsp3) is 0.409. The summed E-state index contributed by atoms with van der Waals surface area (Å²) in [6.45, 7) is 4.06. The van der Waals surface area contributed by atoms with Gasteiger partial charge in [0.15, 0.2) is 17.2 Å². The molecule has 4 nitrogen and oxygen atoms in total. The number of anilines is 1. The van der Waals surface area contributed by atoms with Gasteiger partial charge in [0.25, 0.3) is 6.01 Å². The summed E-state index contributed by atoms with van der Waals surface area (Å²) in [5, 5.41) is 0. The molecular weight excluding hydrogens is 360 g/mol. The van der Waals surface area contributed by atoms with E-state index in [1.807, 2.05) is 24.3 Å². The molecule has 6 heteroatoms. The van der Waals surface area contributed by atoms with E-state index in [2.05, 4.69) is 14.8 Å². The third-order valence-electron chi connectivity index (χ3n) is 6.16. The van der Waals surface area contributed by atoms with Gasteiger partial charge in [-0.2, -0.15) is 4.98 Å². The lowest BCUT2D eigenvalue weighted by atomic mass is 9.79. The summed E-state index contributed by atoms with van der Waals surface area (Å²) >= 11 is 0. The molecule has 0 aliphatic carbocycles. The number of benzene rings is 2. The first-order valence-electron chi connectivity index (χ1n) is 9.88. The van der Waals surface area contributed by atoms with Crippen LogP contribution in [-0.2, 0) is 6.54 Å². The zero-order valence-corrected chi connectivity index (χ0v) is 15.7. The third-order valence-corrected chi connectivity index (χ3v) is 6.16. The number of halogens is 2. The molecule has 3 heterocycles. The Morgan fingerprint density at radius 2 is 1.89 bits per heavy atom. The van der Waals surface area contributed by atoms with Gasteiger partial charge < -0.3 is 9.32 Å². The van der Waals surface area contributed by atoms with Gasteiger partial charge in [-0.05, 0) is 44.0 Å². The van der Waals surface area contributed by atoms with E-state index in [1.54, 1.807) is 12.1 Å². The molecule has 28 heavy (non-hydrogen) atoms. The lowest BCUT2D eigenvalue weighted by Gasteiger charge is -2.40. The van der Waals surface area contributed by atoms with Crippen LogP contribution in [0, 0.1) is 17.0 Å². The van der Waals surface area contributed by atoms with E-state index in [9.17, 15) is 8.78 Å². The molecule has 0 radical (unpaired) electrons. The minimum absolute atomic E-state index is 0.155. The van der Waals surface area contributed by atoms with Crippen LogP contribution in [0.1, 0.15) is 24.8 Å². The molecule has 2 saturated heterocycles. The molecular formula is C22H23F2N3O. The van der Waals surface area contributed by atoms with Crippen LogP contribution in [0.4, 0.5) is 14.8 Å². The van der Waals surface area contributed by atoms with E-state index in [0.29, 0.717) is 18.1 Å². The van der Waals surface area contributed by atoms with E-state index >= 15 is 0 Å². The molecule has 0 saturated carbocycles. The Kier molecular flexibility index (Phi) is 4.31. The van der Waals surface area contributed by atoms with Crippen molar-refractivity contribution in [2.24, 2.45) is 5.41 Å². The van der Waals surface area contributed by atoms with Gasteiger partial charge in [0.05, 0.1) is 0 Å². The molecule has 2 aliphatic heterocycles. The Labute approximate surface area is 162 Å². The van der Waals surface area contributed by atoms with Crippen molar-refractivity contribution in [1.29, 1.82) is 0 Å². The van der Waals surface area contributed by atoms with Crippen LogP contribution in [0.25, 0.3) is 11.1 Å². The second-order valence-electron chi connectivity index (χ2n) is 8.16. The maximum atomic E-state index is 14.1. The molecule has 0 bridgehead atoms. The summed E-state index contributed by atoms with van der Waals surface area (Å²) < 4.78 is 33.6. The molecule has 146 valence electrons. The van der Waals surface area contributed by atoms with Crippen LogP contribution in [0.3, 0.4) is 0 Å². The molecule has 5 rings (SSSR count). The maximum absolute atomic E-state index is 14.1. The first-order valence-corrected chi connectivity index (χ1v) is 9.88. The van der Waals surface area contributed by atoms with E-state index in [4.69, 9.17) is 4.42 Å². The molecule has 2 aromatic carbocycles. The van der Waals surface area contributed by atoms with Gasteiger partial charge >= 0.3 is 0 Å². The average Bonchev–Trinajstić information content (AvgIpc) is 3.30. The van der Waals surface area contributed by atoms with Crippen molar-refractivity contribution in [2.45, 2.75) is 25.8 Å². The number of aromatic nitrogens is 1. The highest BCUT2D eigenvalue weighted by molar-refractivity contribution is 5.74. The van der Waals surface area contributed by atoms with Gasteiger partial charge in [0, 0.05) is 37.2 Å². The summed E-state index contributed by atoms with van der Waals surface area (Å²) in [6.07, 6.45) is 3.28. The highest BCUT2D eigenvalue weighted by Gasteiger charge is 2.42. The third kappa shape index (κ3) is 3.15. The van der Waals surface area contributed by atoms with Crippen LogP contribution in [0.15, 0.2) is 46.9 Å². The predicted octanol–water partition coefficient (Wildman–Crippen LogP) is 4.60. The van der Waals surface area contributed by atoms with Crippen molar-refractivity contribution >= 4 is 17.1 Å². The van der Waals surface area contributed by atoms with Gasteiger partial charge in [0.1, 0.15) is 5.52 Å². The Bertz CT molecular complexity index is 971. The van der Waals surface area contributed by atoms with Gasteiger partial charge in [-0.15, -0.1) is 0 Å². The van der Waals surface area contributed by atoms with Crippen molar-refractivity contribution in [1.82, 2.24) is 9.88 Å². The highest BCUT2D eigenvalue weighted by atomic mass is 19.2. The Morgan fingerprint density at radius 3 is 2.79 bits per heavy atom. The molecule has 0 N–H and O–H groups in total. The average molecular weight is 383 g/mol. The molecule has 0 unspecified atom stereocenters. The highest BCUT2D eigenvalue weighted by Crippen LogP contribution is 2.41. The standard InChI is InChI=1S/C22H23F2N3O/c23-17-6-3-5-16(20(17)24)13-26-11-4-9-22(14-26)10-12-27(15-22)21-25-18-7-1-2-8-19(18)28-21/h1-3,5-8H,4,9-15H2/t22-/m0/s1. The first-order chi connectivity index (χ1) is 13.6.